The zero-order valence-corrected chi connectivity index (χ0v) is 17.3. The molecule has 8 heteroatoms. The van der Waals surface area contributed by atoms with E-state index in [-0.39, 0.29) is 11.7 Å². The third-order valence-electron chi connectivity index (χ3n) is 5.49. The molecule has 1 aliphatic rings. The first-order valence-corrected chi connectivity index (χ1v) is 11.1. The van der Waals surface area contributed by atoms with Crippen LogP contribution in [0.5, 0.6) is 0 Å². The van der Waals surface area contributed by atoms with E-state index in [0.717, 1.165) is 16.6 Å². The topological polar surface area (TPSA) is 75.2 Å². The molecule has 28 heavy (non-hydrogen) atoms. The van der Waals surface area contributed by atoms with Crippen molar-refractivity contribution in [3.05, 3.63) is 63.0 Å². The summed E-state index contributed by atoms with van der Waals surface area (Å²) in [6.07, 6.45) is 1.18. The Labute approximate surface area is 168 Å². The number of piperidine rings is 1. The quantitative estimate of drug-likeness (QED) is 0.704. The lowest BCUT2D eigenvalue weighted by molar-refractivity contribution is 0.274. The summed E-state index contributed by atoms with van der Waals surface area (Å²) in [5, 5.41) is 0.564. The molecule has 2 heterocycles. The highest BCUT2D eigenvalue weighted by atomic mass is 35.5. The highest BCUT2D eigenvalue weighted by molar-refractivity contribution is 7.89. The lowest BCUT2D eigenvalue weighted by atomic mass is 10.1. The lowest BCUT2D eigenvalue weighted by Gasteiger charge is -2.32. The van der Waals surface area contributed by atoms with Crippen molar-refractivity contribution in [3.8, 4) is 0 Å². The molecule has 0 saturated carbocycles. The number of para-hydroxylation sites is 2. The van der Waals surface area contributed by atoms with Gasteiger partial charge in [-0.1, -0.05) is 23.7 Å². The van der Waals surface area contributed by atoms with Crippen LogP contribution in [0.4, 0.5) is 0 Å². The number of nitrogens with zero attached hydrogens (tertiary/aromatic N) is 2. The molecular weight excluding hydrogens is 398 g/mol. The number of imidazole rings is 1. The Morgan fingerprint density at radius 3 is 2.46 bits per heavy atom. The highest BCUT2D eigenvalue weighted by Gasteiger charge is 2.32. The number of benzene rings is 2. The Hall–Kier alpha value is -2.09. The van der Waals surface area contributed by atoms with Gasteiger partial charge in [0.05, 0.1) is 15.9 Å². The van der Waals surface area contributed by atoms with Gasteiger partial charge in [0.1, 0.15) is 0 Å². The molecule has 1 aliphatic heterocycles. The average molecular weight is 420 g/mol. The zero-order valence-electron chi connectivity index (χ0n) is 15.8. The summed E-state index contributed by atoms with van der Waals surface area (Å²) in [6, 6.07) is 10.9. The summed E-state index contributed by atoms with van der Waals surface area (Å²) in [4.78, 5) is 15.6. The molecule has 0 unspecified atom stereocenters. The van der Waals surface area contributed by atoms with Crippen LogP contribution in [0.1, 0.15) is 30.0 Å². The van der Waals surface area contributed by atoms with E-state index >= 15 is 0 Å². The number of fused-ring (bicyclic) bond motifs is 1. The average Bonchev–Trinajstić information content (AvgIpc) is 3.00. The van der Waals surface area contributed by atoms with Crippen molar-refractivity contribution in [3.63, 3.8) is 0 Å². The number of H-pyrrole nitrogens is 1. The summed E-state index contributed by atoms with van der Waals surface area (Å²) in [7, 11) is -3.60. The summed E-state index contributed by atoms with van der Waals surface area (Å²) in [5.74, 6) is 0. The van der Waals surface area contributed by atoms with Gasteiger partial charge in [0.2, 0.25) is 10.0 Å². The second kappa shape index (κ2) is 7.06. The van der Waals surface area contributed by atoms with Crippen LogP contribution in [0, 0.1) is 13.8 Å². The molecule has 0 aliphatic carbocycles. The van der Waals surface area contributed by atoms with E-state index in [9.17, 15) is 13.2 Å². The van der Waals surface area contributed by atoms with Crippen molar-refractivity contribution in [1.82, 2.24) is 13.9 Å². The predicted octanol–water partition coefficient (Wildman–Crippen LogP) is 3.63. The molecule has 6 nitrogen and oxygen atoms in total. The van der Waals surface area contributed by atoms with E-state index in [2.05, 4.69) is 4.98 Å². The normalized spacial score (nSPS) is 16.7. The molecule has 148 valence electrons. The monoisotopic (exact) mass is 419 g/mol. The van der Waals surface area contributed by atoms with Crippen molar-refractivity contribution < 1.29 is 8.42 Å². The van der Waals surface area contributed by atoms with Crippen LogP contribution in [0.25, 0.3) is 11.0 Å². The highest BCUT2D eigenvalue weighted by Crippen LogP contribution is 2.31. The Kier molecular flexibility index (Phi) is 4.85. The van der Waals surface area contributed by atoms with Gasteiger partial charge < -0.3 is 4.98 Å². The summed E-state index contributed by atoms with van der Waals surface area (Å²) in [5.41, 5.74) is 2.90. The van der Waals surface area contributed by atoms with E-state index in [1.165, 1.54) is 4.31 Å². The lowest BCUT2D eigenvalue weighted by Crippen LogP contribution is -2.40. The standard InChI is InChI=1S/C20H22ClN3O3S/c1-13-12-19(14(2)11-16(13)21)28(26,27)23-9-7-15(8-10-23)24-18-6-4-3-5-17(18)22-20(24)25/h3-6,11-12,15H,7-10H2,1-2H3,(H,22,25). The van der Waals surface area contributed by atoms with Crippen LogP contribution in [-0.4, -0.2) is 35.4 Å². The molecule has 4 rings (SSSR count). The smallest absolute Gasteiger partial charge is 0.306 e. The van der Waals surface area contributed by atoms with Crippen molar-refractivity contribution >= 4 is 32.7 Å². The number of rotatable bonds is 3. The molecule has 0 radical (unpaired) electrons. The largest absolute Gasteiger partial charge is 0.326 e. The van der Waals surface area contributed by atoms with Gasteiger partial charge in [0, 0.05) is 24.2 Å². The van der Waals surface area contributed by atoms with E-state index in [1.807, 2.05) is 24.3 Å². The van der Waals surface area contributed by atoms with Gasteiger partial charge >= 0.3 is 5.69 Å². The fraction of sp³-hybridized carbons (Fsp3) is 0.350. The van der Waals surface area contributed by atoms with E-state index in [0.29, 0.717) is 41.4 Å². The predicted molar refractivity (Wildman–Crippen MR) is 111 cm³/mol. The Balaban J connectivity index is 1.59. The number of aromatic nitrogens is 2. The summed E-state index contributed by atoms with van der Waals surface area (Å²) >= 11 is 6.12. The number of aromatic amines is 1. The van der Waals surface area contributed by atoms with Gasteiger partial charge in [-0.2, -0.15) is 4.31 Å². The maximum absolute atomic E-state index is 13.2. The maximum atomic E-state index is 13.2. The van der Waals surface area contributed by atoms with Crippen molar-refractivity contribution in [2.45, 2.75) is 37.6 Å². The minimum absolute atomic E-state index is 0.0249. The Morgan fingerprint density at radius 1 is 1.07 bits per heavy atom. The molecule has 3 aromatic rings. The fourth-order valence-electron chi connectivity index (χ4n) is 3.95. The summed E-state index contributed by atoms with van der Waals surface area (Å²) in [6.45, 7) is 4.31. The molecule has 1 N–H and O–H groups in total. The minimum atomic E-state index is -3.60. The summed E-state index contributed by atoms with van der Waals surface area (Å²) < 4.78 is 29.6. The van der Waals surface area contributed by atoms with Gasteiger partial charge in [-0.3, -0.25) is 4.57 Å². The van der Waals surface area contributed by atoms with Crippen LogP contribution in [-0.2, 0) is 10.0 Å². The van der Waals surface area contributed by atoms with E-state index in [4.69, 9.17) is 11.6 Å². The van der Waals surface area contributed by atoms with Gasteiger partial charge in [0.15, 0.2) is 0 Å². The maximum Gasteiger partial charge on any atom is 0.326 e. The molecule has 1 saturated heterocycles. The molecular formula is C20H22ClN3O3S. The second-order valence-electron chi connectivity index (χ2n) is 7.32. The SMILES string of the molecule is Cc1cc(S(=O)(=O)N2CCC(n3c(=O)[nH]c4ccccc43)CC2)c(C)cc1Cl. The van der Waals surface area contributed by atoms with Gasteiger partial charge in [-0.25, -0.2) is 13.2 Å². The minimum Gasteiger partial charge on any atom is -0.306 e. The van der Waals surface area contributed by atoms with Gasteiger partial charge in [-0.15, -0.1) is 0 Å². The third-order valence-corrected chi connectivity index (χ3v) is 7.93. The van der Waals surface area contributed by atoms with E-state index in [1.54, 1.807) is 30.5 Å². The van der Waals surface area contributed by atoms with Crippen LogP contribution in [0.2, 0.25) is 5.02 Å². The van der Waals surface area contributed by atoms with Crippen LogP contribution >= 0.6 is 11.6 Å². The zero-order chi connectivity index (χ0) is 20.1. The van der Waals surface area contributed by atoms with Crippen LogP contribution < -0.4 is 5.69 Å². The first-order chi connectivity index (χ1) is 13.3. The second-order valence-corrected chi connectivity index (χ2v) is 9.63. The number of hydrogen-bond donors (Lipinski definition) is 1. The van der Waals surface area contributed by atoms with Crippen LogP contribution in [0.15, 0.2) is 46.1 Å². The third kappa shape index (κ3) is 3.17. The molecule has 0 bridgehead atoms. The number of aryl methyl sites for hydroxylation is 2. The molecule has 2 aromatic carbocycles. The van der Waals surface area contributed by atoms with Crippen molar-refractivity contribution in [2.75, 3.05) is 13.1 Å². The van der Waals surface area contributed by atoms with Gasteiger partial charge in [-0.05, 0) is 62.1 Å². The molecule has 0 spiro atoms. The fourth-order valence-corrected chi connectivity index (χ4v) is 5.93. The first-order valence-electron chi connectivity index (χ1n) is 9.25. The number of nitrogens with one attached hydrogen (secondary N) is 1. The number of hydrogen-bond acceptors (Lipinski definition) is 3. The Bertz CT molecular complexity index is 1210. The molecule has 1 fully saturated rings. The number of sulfonamides is 1. The van der Waals surface area contributed by atoms with Gasteiger partial charge in [0.25, 0.3) is 0 Å². The number of halogens is 1. The molecule has 0 atom stereocenters. The van der Waals surface area contributed by atoms with Crippen molar-refractivity contribution in [1.29, 1.82) is 0 Å². The Morgan fingerprint density at radius 2 is 1.75 bits per heavy atom. The van der Waals surface area contributed by atoms with E-state index < -0.39 is 10.0 Å². The molecule has 0 amide bonds. The molecule has 1 aromatic heterocycles. The first kappa shape index (κ1) is 19.2. The van der Waals surface area contributed by atoms with Crippen molar-refractivity contribution in [2.24, 2.45) is 0 Å². The van der Waals surface area contributed by atoms with Crippen LogP contribution in [0.3, 0.4) is 0 Å².